The van der Waals surface area contributed by atoms with Gasteiger partial charge in [-0.15, -0.1) is 0 Å². The topological polar surface area (TPSA) is 96.9 Å². The second-order valence-electron chi connectivity index (χ2n) is 6.61. The van der Waals surface area contributed by atoms with Crippen molar-refractivity contribution in [1.29, 1.82) is 0 Å². The lowest BCUT2D eigenvalue weighted by Crippen LogP contribution is -2.32. The van der Waals surface area contributed by atoms with Gasteiger partial charge >= 0.3 is 17.8 Å². The number of ether oxygens (including phenoxy) is 1. The van der Waals surface area contributed by atoms with Gasteiger partial charge in [0.25, 0.3) is 0 Å². The first-order valence-corrected chi connectivity index (χ1v) is 9.68. The van der Waals surface area contributed by atoms with Gasteiger partial charge in [0, 0.05) is 5.69 Å². The Hall–Kier alpha value is -4.04. The fraction of sp³-hybridized carbons (Fsp3) is 0.0435. The smallest absolute Gasteiger partial charge is 0.343 e. The van der Waals surface area contributed by atoms with Gasteiger partial charge in [-0.2, -0.15) is 5.10 Å². The molecule has 3 rings (SSSR count). The number of halogens is 2. The summed E-state index contributed by atoms with van der Waals surface area (Å²) >= 11 is 5.63. The molecule has 0 aromatic heterocycles. The van der Waals surface area contributed by atoms with E-state index in [0.29, 0.717) is 11.1 Å². The molecule has 0 bridgehead atoms. The van der Waals surface area contributed by atoms with Crippen LogP contribution < -0.4 is 15.5 Å². The quantitative estimate of drug-likeness (QED) is 0.200. The van der Waals surface area contributed by atoms with Crippen molar-refractivity contribution in [1.82, 2.24) is 5.43 Å². The molecule has 0 spiro atoms. The van der Waals surface area contributed by atoms with Crippen molar-refractivity contribution in [3.05, 3.63) is 94.3 Å². The molecule has 7 nitrogen and oxygen atoms in total. The lowest BCUT2D eigenvalue weighted by atomic mass is 10.1. The van der Waals surface area contributed by atoms with Crippen molar-refractivity contribution in [2.45, 2.75) is 6.92 Å². The maximum absolute atomic E-state index is 13.2. The van der Waals surface area contributed by atoms with Gasteiger partial charge in [0.1, 0.15) is 11.6 Å². The van der Waals surface area contributed by atoms with Gasteiger partial charge in [0.15, 0.2) is 0 Å². The van der Waals surface area contributed by atoms with Crippen LogP contribution in [0.2, 0.25) is 5.02 Å². The van der Waals surface area contributed by atoms with Crippen molar-refractivity contribution < 1.29 is 23.5 Å². The lowest BCUT2D eigenvalue weighted by molar-refractivity contribution is -0.136. The summed E-state index contributed by atoms with van der Waals surface area (Å²) in [7, 11) is 0. The molecular formula is C23H17ClFN3O4. The molecule has 3 aromatic rings. The van der Waals surface area contributed by atoms with Crippen LogP contribution in [0.5, 0.6) is 5.75 Å². The van der Waals surface area contributed by atoms with Crippen LogP contribution >= 0.6 is 11.6 Å². The Kier molecular flexibility index (Phi) is 7.30. The van der Waals surface area contributed by atoms with E-state index in [-0.39, 0.29) is 16.5 Å². The first kappa shape index (κ1) is 22.6. The molecule has 3 aromatic carbocycles. The normalized spacial score (nSPS) is 10.6. The number of carbonyl (C=O) groups excluding carboxylic acids is 3. The summed E-state index contributed by atoms with van der Waals surface area (Å²) in [6.45, 7) is 1.92. The van der Waals surface area contributed by atoms with Crippen molar-refractivity contribution >= 4 is 41.3 Å². The number of hydrogen-bond acceptors (Lipinski definition) is 5. The second kappa shape index (κ2) is 10.3. The Labute approximate surface area is 187 Å². The third-order valence-corrected chi connectivity index (χ3v) is 4.41. The number of nitrogens with zero attached hydrogens (tertiary/aromatic N) is 1. The minimum absolute atomic E-state index is 0.156. The van der Waals surface area contributed by atoms with E-state index >= 15 is 0 Å². The van der Waals surface area contributed by atoms with E-state index in [9.17, 15) is 18.8 Å². The number of aryl methyl sites for hydroxylation is 1. The van der Waals surface area contributed by atoms with Crippen LogP contribution in [0, 0.1) is 12.7 Å². The van der Waals surface area contributed by atoms with Gasteiger partial charge < -0.3 is 10.1 Å². The van der Waals surface area contributed by atoms with E-state index in [1.165, 1.54) is 18.3 Å². The standard InChI is InChI=1S/C23H17ClFN3O4/c1-14-5-7-16(8-6-14)23(31)32-18-4-2-3-15(11-18)13-26-28-22(30)21(29)27-17-9-10-20(25)19(24)12-17/h2-13H,1H3,(H,27,29)(H,28,30). The highest BCUT2D eigenvalue weighted by Crippen LogP contribution is 2.19. The summed E-state index contributed by atoms with van der Waals surface area (Å²) < 4.78 is 18.5. The summed E-state index contributed by atoms with van der Waals surface area (Å²) in [5.41, 5.74) is 4.18. The first-order valence-electron chi connectivity index (χ1n) is 9.30. The maximum atomic E-state index is 13.2. The Bertz CT molecular complexity index is 1200. The molecule has 0 unspecified atom stereocenters. The van der Waals surface area contributed by atoms with E-state index in [1.54, 1.807) is 36.4 Å². The zero-order valence-corrected chi connectivity index (χ0v) is 17.5. The van der Waals surface area contributed by atoms with E-state index in [4.69, 9.17) is 16.3 Å². The molecule has 0 aliphatic rings. The number of esters is 1. The minimum atomic E-state index is -1.04. The van der Waals surface area contributed by atoms with Crippen LogP contribution in [0.15, 0.2) is 71.8 Å². The van der Waals surface area contributed by atoms with Crippen LogP contribution in [-0.2, 0) is 9.59 Å². The number of amides is 2. The third-order valence-electron chi connectivity index (χ3n) is 4.12. The fourth-order valence-electron chi connectivity index (χ4n) is 2.49. The highest BCUT2D eigenvalue weighted by molar-refractivity contribution is 6.39. The molecule has 0 aliphatic heterocycles. The largest absolute Gasteiger partial charge is 0.423 e. The molecule has 162 valence electrons. The van der Waals surface area contributed by atoms with Gasteiger partial charge in [-0.3, -0.25) is 9.59 Å². The molecule has 0 saturated carbocycles. The highest BCUT2D eigenvalue weighted by atomic mass is 35.5. The van der Waals surface area contributed by atoms with Gasteiger partial charge in [-0.25, -0.2) is 14.6 Å². The average molecular weight is 454 g/mol. The number of rotatable bonds is 5. The Morgan fingerprint density at radius 2 is 1.75 bits per heavy atom. The number of nitrogens with one attached hydrogen (secondary N) is 2. The third kappa shape index (κ3) is 6.23. The van der Waals surface area contributed by atoms with Crippen molar-refractivity contribution in [2.24, 2.45) is 5.10 Å². The van der Waals surface area contributed by atoms with Crippen LogP contribution in [0.1, 0.15) is 21.5 Å². The van der Waals surface area contributed by atoms with Gasteiger partial charge in [-0.1, -0.05) is 41.4 Å². The number of hydrogen-bond donors (Lipinski definition) is 2. The van der Waals surface area contributed by atoms with E-state index in [0.717, 1.165) is 11.6 Å². The van der Waals surface area contributed by atoms with Crippen molar-refractivity contribution in [3.8, 4) is 5.75 Å². The second-order valence-corrected chi connectivity index (χ2v) is 7.02. The van der Waals surface area contributed by atoms with Crippen LogP contribution in [0.25, 0.3) is 0 Å². The molecule has 2 N–H and O–H groups in total. The predicted octanol–water partition coefficient (Wildman–Crippen LogP) is 4.10. The van der Waals surface area contributed by atoms with E-state index in [2.05, 4.69) is 15.8 Å². The molecular weight excluding hydrogens is 437 g/mol. The summed E-state index contributed by atoms with van der Waals surface area (Å²) in [6, 6.07) is 16.9. The lowest BCUT2D eigenvalue weighted by Gasteiger charge is -2.06. The van der Waals surface area contributed by atoms with E-state index < -0.39 is 23.6 Å². The van der Waals surface area contributed by atoms with E-state index in [1.807, 2.05) is 19.1 Å². The molecule has 0 aliphatic carbocycles. The van der Waals surface area contributed by atoms with Gasteiger partial charge in [0.2, 0.25) is 0 Å². The maximum Gasteiger partial charge on any atom is 0.343 e. The molecule has 0 fully saturated rings. The Balaban J connectivity index is 1.56. The predicted molar refractivity (Wildman–Crippen MR) is 118 cm³/mol. The molecule has 9 heteroatoms. The number of hydrazone groups is 1. The summed E-state index contributed by atoms with van der Waals surface area (Å²) in [4.78, 5) is 36.0. The molecule has 2 amide bonds. The molecule has 0 heterocycles. The Morgan fingerprint density at radius 3 is 2.47 bits per heavy atom. The minimum Gasteiger partial charge on any atom is -0.423 e. The number of benzene rings is 3. The van der Waals surface area contributed by atoms with Crippen LogP contribution in [0.3, 0.4) is 0 Å². The van der Waals surface area contributed by atoms with Crippen molar-refractivity contribution in [2.75, 3.05) is 5.32 Å². The summed E-state index contributed by atoms with van der Waals surface area (Å²) in [5.74, 6) is -2.92. The van der Waals surface area contributed by atoms with Crippen LogP contribution in [-0.4, -0.2) is 24.0 Å². The molecule has 0 atom stereocenters. The molecule has 0 radical (unpaired) electrons. The van der Waals surface area contributed by atoms with Crippen LogP contribution in [0.4, 0.5) is 10.1 Å². The summed E-state index contributed by atoms with van der Waals surface area (Å²) in [5, 5.41) is 5.80. The SMILES string of the molecule is Cc1ccc(C(=O)Oc2cccc(C=NNC(=O)C(=O)Nc3ccc(F)c(Cl)c3)c2)cc1. The summed E-state index contributed by atoms with van der Waals surface area (Å²) in [6.07, 6.45) is 1.28. The molecule has 0 saturated heterocycles. The highest BCUT2D eigenvalue weighted by Gasteiger charge is 2.14. The zero-order valence-electron chi connectivity index (χ0n) is 16.8. The fourth-order valence-corrected chi connectivity index (χ4v) is 2.67. The zero-order chi connectivity index (χ0) is 23.1. The average Bonchev–Trinajstić information content (AvgIpc) is 2.77. The number of carbonyl (C=O) groups is 3. The first-order chi connectivity index (χ1) is 15.3. The number of anilines is 1. The van der Waals surface area contributed by atoms with Gasteiger partial charge in [0.05, 0.1) is 16.8 Å². The van der Waals surface area contributed by atoms with Crippen molar-refractivity contribution in [3.63, 3.8) is 0 Å². The van der Waals surface area contributed by atoms with Gasteiger partial charge in [-0.05, 0) is 55.0 Å². The Morgan fingerprint density at radius 1 is 1.00 bits per heavy atom. The monoisotopic (exact) mass is 453 g/mol. The molecule has 32 heavy (non-hydrogen) atoms.